The third-order valence-electron chi connectivity index (χ3n) is 3.11. The largest absolute Gasteiger partial charge is 0.372 e. The van der Waals surface area contributed by atoms with Crippen molar-refractivity contribution < 1.29 is 9.53 Å². The first-order valence-corrected chi connectivity index (χ1v) is 6.83. The fourth-order valence-corrected chi connectivity index (χ4v) is 2.15. The van der Waals surface area contributed by atoms with E-state index in [0.29, 0.717) is 18.7 Å². The number of unbranched alkanes of at least 4 members (excludes halogenated alkanes) is 2. The standard InChI is InChI=1S/C13H26N2O2/c1-3-4-5-8-17-10-13(16)15-12-6-7-14-11(2)9-12/h11-12,14H,3-10H2,1-2H3,(H,15,16). The van der Waals surface area contributed by atoms with Crippen LogP contribution in [-0.4, -0.2) is 37.7 Å². The normalized spacial score (nSPS) is 24.6. The summed E-state index contributed by atoms with van der Waals surface area (Å²) in [6.07, 6.45) is 5.44. The Labute approximate surface area is 104 Å². The molecular weight excluding hydrogens is 216 g/mol. The second kappa shape index (κ2) is 8.48. The van der Waals surface area contributed by atoms with E-state index >= 15 is 0 Å². The zero-order valence-corrected chi connectivity index (χ0v) is 11.1. The van der Waals surface area contributed by atoms with Crippen molar-refractivity contribution in [1.82, 2.24) is 10.6 Å². The van der Waals surface area contributed by atoms with Crippen LogP contribution in [0, 0.1) is 0 Å². The fourth-order valence-electron chi connectivity index (χ4n) is 2.15. The van der Waals surface area contributed by atoms with Crippen LogP contribution in [0.25, 0.3) is 0 Å². The van der Waals surface area contributed by atoms with Crippen molar-refractivity contribution in [3.8, 4) is 0 Å². The summed E-state index contributed by atoms with van der Waals surface area (Å²) in [6, 6.07) is 0.817. The number of amides is 1. The molecule has 2 unspecified atom stereocenters. The predicted molar refractivity (Wildman–Crippen MR) is 69.0 cm³/mol. The van der Waals surface area contributed by atoms with Crippen LogP contribution in [0.15, 0.2) is 0 Å². The van der Waals surface area contributed by atoms with Crippen molar-refractivity contribution in [2.45, 2.75) is 58.0 Å². The smallest absolute Gasteiger partial charge is 0.246 e. The van der Waals surface area contributed by atoms with E-state index in [1.165, 1.54) is 12.8 Å². The number of carbonyl (C=O) groups is 1. The molecule has 1 heterocycles. The summed E-state index contributed by atoms with van der Waals surface area (Å²) >= 11 is 0. The SMILES string of the molecule is CCCCCOCC(=O)NC1CCNC(C)C1. The van der Waals surface area contributed by atoms with E-state index in [-0.39, 0.29) is 12.5 Å². The molecule has 1 saturated heterocycles. The van der Waals surface area contributed by atoms with Crippen LogP contribution < -0.4 is 10.6 Å². The quantitative estimate of drug-likeness (QED) is 0.664. The zero-order valence-electron chi connectivity index (χ0n) is 11.1. The molecular formula is C13H26N2O2. The number of hydrogen-bond acceptors (Lipinski definition) is 3. The number of ether oxygens (including phenoxy) is 1. The molecule has 2 N–H and O–H groups in total. The van der Waals surface area contributed by atoms with Gasteiger partial charge in [-0.05, 0) is 32.7 Å². The fraction of sp³-hybridized carbons (Fsp3) is 0.923. The van der Waals surface area contributed by atoms with Gasteiger partial charge in [0.15, 0.2) is 0 Å². The molecule has 100 valence electrons. The van der Waals surface area contributed by atoms with Crippen molar-refractivity contribution >= 4 is 5.91 Å². The highest BCUT2D eigenvalue weighted by Crippen LogP contribution is 2.07. The maximum absolute atomic E-state index is 11.6. The van der Waals surface area contributed by atoms with Gasteiger partial charge in [0.05, 0.1) is 0 Å². The Kier molecular flexibility index (Phi) is 7.21. The summed E-state index contributed by atoms with van der Waals surface area (Å²) in [6.45, 7) is 6.21. The van der Waals surface area contributed by atoms with Gasteiger partial charge in [0.25, 0.3) is 0 Å². The summed E-state index contributed by atoms with van der Waals surface area (Å²) < 4.78 is 5.34. The van der Waals surface area contributed by atoms with Gasteiger partial charge in [0, 0.05) is 18.7 Å². The van der Waals surface area contributed by atoms with Crippen molar-refractivity contribution in [2.24, 2.45) is 0 Å². The molecule has 17 heavy (non-hydrogen) atoms. The molecule has 0 bridgehead atoms. The molecule has 0 saturated carbocycles. The van der Waals surface area contributed by atoms with Gasteiger partial charge in [-0.15, -0.1) is 0 Å². The number of rotatable bonds is 7. The van der Waals surface area contributed by atoms with Crippen LogP contribution in [0.4, 0.5) is 0 Å². The predicted octanol–water partition coefficient (Wildman–Crippen LogP) is 1.45. The van der Waals surface area contributed by atoms with Crippen molar-refractivity contribution in [3.05, 3.63) is 0 Å². The third kappa shape index (κ3) is 6.64. The topological polar surface area (TPSA) is 50.4 Å². The van der Waals surface area contributed by atoms with Crippen LogP contribution >= 0.6 is 0 Å². The molecule has 1 rings (SSSR count). The lowest BCUT2D eigenvalue weighted by atomic mass is 10.0. The lowest BCUT2D eigenvalue weighted by molar-refractivity contribution is -0.126. The van der Waals surface area contributed by atoms with Crippen molar-refractivity contribution in [3.63, 3.8) is 0 Å². The summed E-state index contributed by atoms with van der Waals surface area (Å²) in [5, 5.41) is 6.41. The number of piperidine rings is 1. The molecule has 0 aromatic heterocycles. The lowest BCUT2D eigenvalue weighted by Gasteiger charge is -2.28. The van der Waals surface area contributed by atoms with Gasteiger partial charge in [-0.1, -0.05) is 19.8 Å². The van der Waals surface area contributed by atoms with E-state index in [0.717, 1.165) is 25.8 Å². The Bertz CT molecular complexity index is 221. The Morgan fingerprint density at radius 2 is 2.29 bits per heavy atom. The number of hydrogen-bond donors (Lipinski definition) is 2. The van der Waals surface area contributed by atoms with Crippen LogP contribution in [0.1, 0.15) is 46.0 Å². The molecule has 0 aromatic rings. The second-order valence-corrected chi connectivity index (χ2v) is 4.90. The molecule has 1 fully saturated rings. The Hall–Kier alpha value is -0.610. The van der Waals surface area contributed by atoms with Gasteiger partial charge in [-0.25, -0.2) is 0 Å². The molecule has 4 heteroatoms. The van der Waals surface area contributed by atoms with Crippen LogP contribution in [-0.2, 0) is 9.53 Å². The van der Waals surface area contributed by atoms with E-state index in [1.807, 2.05) is 0 Å². The highest BCUT2D eigenvalue weighted by molar-refractivity contribution is 5.77. The molecule has 0 aromatic carbocycles. The first kappa shape index (κ1) is 14.5. The molecule has 0 aliphatic carbocycles. The molecule has 0 spiro atoms. The first-order valence-electron chi connectivity index (χ1n) is 6.83. The summed E-state index contributed by atoms with van der Waals surface area (Å²) in [5.74, 6) is 0.0283. The van der Waals surface area contributed by atoms with E-state index in [1.54, 1.807) is 0 Å². The molecule has 0 radical (unpaired) electrons. The van der Waals surface area contributed by atoms with Gasteiger partial charge in [-0.2, -0.15) is 0 Å². The van der Waals surface area contributed by atoms with Gasteiger partial charge < -0.3 is 15.4 Å². The molecule has 1 amide bonds. The Morgan fingerprint density at radius 3 is 3.00 bits per heavy atom. The third-order valence-corrected chi connectivity index (χ3v) is 3.11. The molecule has 4 nitrogen and oxygen atoms in total. The Morgan fingerprint density at radius 1 is 1.47 bits per heavy atom. The van der Waals surface area contributed by atoms with Gasteiger partial charge >= 0.3 is 0 Å². The van der Waals surface area contributed by atoms with Crippen LogP contribution in [0.5, 0.6) is 0 Å². The summed E-state index contributed by atoms with van der Waals surface area (Å²) in [4.78, 5) is 11.6. The molecule has 1 aliphatic rings. The molecule has 2 atom stereocenters. The average molecular weight is 242 g/mol. The zero-order chi connectivity index (χ0) is 12.5. The van der Waals surface area contributed by atoms with E-state index in [9.17, 15) is 4.79 Å². The maximum atomic E-state index is 11.6. The Balaban J connectivity index is 2.04. The number of carbonyl (C=O) groups excluding carboxylic acids is 1. The highest BCUT2D eigenvalue weighted by Gasteiger charge is 2.19. The molecule has 1 aliphatic heterocycles. The summed E-state index contributed by atoms with van der Waals surface area (Å²) in [5.41, 5.74) is 0. The lowest BCUT2D eigenvalue weighted by Crippen LogP contribution is -2.47. The highest BCUT2D eigenvalue weighted by atomic mass is 16.5. The number of nitrogens with one attached hydrogen (secondary N) is 2. The van der Waals surface area contributed by atoms with E-state index in [2.05, 4.69) is 24.5 Å². The minimum Gasteiger partial charge on any atom is -0.372 e. The summed E-state index contributed by atoms with van der Waals surface area (Å²) in [7, 11) is 0. The minimum absolute atomic E-state index is 0.0283. The van der Waals surface area contributed by atoms with Crippen LogP contribution in [0.3, 0.4) is 0 Å². The van der Waals surface area contributed by atoms with Crippen molar-refractivity contribution in [1.29, 1.82) is 0 Å². The second-order valence-electron chi connectivity index (χ2n) is 4.90. The monoisotopic (exact) mass is 242 g/mol. The minimum atomic E-state index is 0.0283. The van der Waals surface area contributed by atoms with Gasteiger partial charge in [-0.3, -0.25) is 4.79 Å². The van der Waals surface area contributed by atoms with Crippen LogP contribution in [0.2, 0.25) is 0 Å². The van der Waals surface area contributed by atoms with Gasteiger partial charge in [0.1, 0.15) is 6.61 Å². The maximum Gasteiger partial charge on any atom is 0.246 e. The van der Waals surface area contributed by atoms with Gasteiger partial charge in [0.2, 0.25) is 5.91 Å². The average Bonchev–Trinajstić information content (AvgIpc) is 2.29. The van der Waals surface area contributed by atoms with E-state index < -0.39 is 0 Å². The first-order chi connectivity index (χ1) is 8.22. The van der Waals surface area contributed by atoms with E-state index in [4.69, 9.17) is 4.74 Å². The van der Waals surface area contributed by atoms with Crippen molar-refractivity contribution in [2.75, 3.05) is 19.8 Å².